The van der Waals surface area contributed by atoms with Crippen LogP contribution in [0.2, 0.25) is 0 Å². The van der Waals surface area contributed by atoms with E-state index < -0.39 is 10.7 Å². The van der Waals surface area contributed by atoms with Gasteiger partial charge in [-0.15, -0.1) is 0 Å². The molecule has 2 N–H and O–H groups in total. The zero-order chi connectivity index (χ0) is 13.3. The summed E-state index contributed by atoms with van der Waals surface area (Å²) < 4.78 is 19.0. The average molecular weight is 319 g/mol. The van der Waals surface area contributed by atoms with Gasteiger partial charge in [-0.1, -0.05) is 0 Å². The molecule has 2 rings (SSSR count). The maximum atomic E-state index is 13.3. The highest BCUT2D eigenvalue weighted by Gasteiger charge is 2.27. The van der Waals surface area contributed by atoms with Crippen molar-refractivity contribution >= 4 is 21.6 Å². The predicted octanol–water partition coefficient (Wildman–Crippen LogP) is 2.76. The molecule has 1 aliphatic rings. The van der Waals surface area contributed by atoms with Gasteiger partial charge in [0.15, 0.2) is 5.75 Å². The third kappa shape index (κ3) is 2.78. The molecule has 1 aromatic carbocycles. The van der Waals surface area contributed by atoms with E-state index in [0.29, 0.717) is 6.42 Å². The molecular weight excluding hydrogens is 307 g/mol. The fourth-order valence-electron chi connectivity index (χ4n) is 2.02. The van der Waals surface area contributed by atoms with Crippen LogP contribution in [0.15, 0.2) is 16.6 Å². The first-order chi connectivity index (χ1) is 8.47. The van der Waals surface area contributed by atoms with Crippen LogP contribution in [-0.2, 0) is 0 Å². The van der Waals surface area contributed by atoms with Crippen LogP contribution >= 0.6 is 15.9 Å². The van der Waals surface area contributed by atoms with E-state index in [9.17, 15) is 14.5 Å². The average Bonchev–Trinajstić information content (AvgIpc) is 2.68. The Bertz CT molecular complexity index is 484. The lowest BCUT2D eigenvalue weighted by Crippen LogP contribution is -2.19. The van der Waals surface area contributed by atoms with Crippen LogP contribution < -0.4 is 10.5 Å². The minimum Gasteiger partial charge on any atom is -0.483 e. The van der Waals surface area contributed by atoms with E-state index in [1.54, 1.807) is 0 Å². The highest BCUT2D eigenvalue weighted by Crippen LogP contribution is 2.35. The Morgan fingerprint density at radius 1 is 1.50 bits per heavy atom. The third-order valence-corrected chi connectivity index (χ3v) is 3.52. The lowest BCUT2D eigenvalue weighted by Gasteiger charge is -2.13. The van der Waals surface area contributed by atoms with Crippen LogP contribution in [0.25, 0.3) is 0 Å². The van der Waals surface area contributed by atoms with Crippen LogP contribution in [0.5, 0.6) is 5.75 Å². The molecule has 0 amide bonds. The number of benzene rings is 1. The number of ether oxygens (including phenoxy) is 1. The van der Waals surface area contributed by atoms with Crippen molar-refractivity contribution in [2.45, 2.75) is 31.4 Å². The van der Waals surface area contributed by atoms with Crippen molar-refractivity contribution in [2.24, 2.45) is 5.73 Å². The number of nitro benzene ring substituents is 1. The van der Waals surface area contributed by atoms with E-state index in [2.05, 4.69) is 15.9 Å². The van der Waals surface area contributed by atoms with Crippen LogP contribution in [0, 0.1) is 15.9 Å². The predicted molar refractivity (Wildman–Crippen MR) is 67.0 cm³/mol. The lowest BCUT2D eigenvalue weighted by molar-refractivity contribution is -0.386. The second-order valence-corrected chi connectivity index (χ2v) is 5.16. The zero-order valence-corrected chi connectivity index (χ0v) is 11.0. The molecule has 0 saturated heterocycles. The first-order valence-electron chi connectivity index (χ1n) is 5.53. The lowest BCUT2D eigenvalue weighted by atomic mass is 10.2. The summed E-state index contributed by atoms with van der Waals surface area (Å²) in [5.41, 5.74) is 5.38. The number of nitro groups is 1. The molecule has 1 aromatic rings. The molecule has 18 heavy (non-hydrogen) atoms. The van der Waals surface area contributed by atoms with Gasteiger partial charge in [0.1, 0.15) is 11.9 Å². The summed E-state index contributed by atoms with van der Waals surface area (Å²) in [6.07, 6.45) is 2.11. The summed E-state index contributed by atoms with van der Waals surface area (Å²) >= 11 is 2.99. The Morgan fingerprint density at radius 3 is 2.78 bits per heavy atom. The SMILES string of the molecule is NC1CCC(Oc2cc(Br)c(F)cc2[N+](=O)[O-])C1. The Labute approximate surface area is 111 Å². The molecule has 5 nitrogen and oxygen atoms in total. The standard InChI is InChI=1S/C11H12BrFN2O3/c12-8-4-11(10(15(16)17)5-9(8)13)18-7-2-1-6(14)3-7/h4-7H,1-3,14H2. The molecule has 0 heterocycles. The molecule has 0 radical (unpaired) electrons. The highest BCUT2D eigenvalue weighted by molar-refractivity contribution is 9.10. The van der Waals surface area contributed by atoms with Gasteiger partial charge in [0.2, 0.25) is 0 Å². The molecule has 0 aromatic heterocycles. The summed E-state index contributed by atoms with van der Waals surface area (Å²) in [5.74, 6) is -0.607. The topological polar surface area (TPSA) is 78.4 Å². The number of halogens is 2. The van der Waals surface area contributed by atoms with E-state index in [4.69, 9.17) is 10.5 Å². The van der Waals surface area contributed by atoms with E-state index in [1.165, 1.54) is 6.07 Å². The van der Waals surface area contributed by atoms with Crippen molar-refractivity contribution in [3.63, 3.8) is 0 Å². The van der Waals surface area contributed by atoms with Gasteiger partial charge in [-0.25, -0.2) is 4.39 Å². The van der Waals surface area contributed by atoms with Gasteiger partial charge >= 0.3 is 5.69 Å². The molecule has 1 saturated carbocycles. The van der Waals surface area contributed by atoms with Crippen LogP contribution in [0.3, 0.4) is 0 Å². The number of hydrogen-bond acceptors (Lipinski definition) is 4. The number of nitrogens with zero attached hydrogens (tertiary/aromatic N) is 1. The first kappa shape index (κ1) is 13.2. The Balaban J connectivity index is 2.25. The summed E-state index contributed by atoms with van der Waals surface area (Å²) in [4.78, 5) is 10.2. The summed E-state index contributed by atoms with van der Waals surface area (Å²) in [5, 5.41) is 10.8. The summed E-state index contributed by atoms with van der Waals surface area (Å²) in [7, 11) is 0. The largest absolute Gasteiger partial charge is 0.483 e. The van der Waals surface area contributed by atoms with E-state index in [-0.39, 0.29) is 28.1 Å². The third-order valence-electron chi connectivity index (χ3n) is 2.92. The number of nitrogens with two attached hydrogens (primary N) is 1. The Morgan fingerprint density at radius 2 is 2.22 bits per heavy atom. The molecule has 1 fully saturated rings. The maximum absolute atomic E-state index is 13.3. The zero-order valence-electron chi connectivity index (χ0n) is 9.44. The summed E-state index contributed by atoms with van der Waals surface area (Å²) in [6, 6.07) is 2.21. The van der Waals surface area contributed by atoms with Crippen molar-refractivity contribution in [1.29, 1.82) is 0 Å². The number of rotatable bonds is 3. The molecule has 0 aliphatic heterocycles. The van der Waals surface area contributed by atoms with E-state index in [0.717, 1.165) is 18.9 Å². The molecule has 0 spiro atoms. The first-order valence-corrected chi connectivity index (χ1v) is 6.32. The van der Waals surface area contributed by atoms with Gasteiger partial charge in [0.25, 0.3) is 0 Å². The Hall–Kier alpha value is -1.21. The van der Waals surface area contributed by atoms with Gasteiger partial charge in [0, 0.05) is 12.1 Å². The fourth-order valence-corrected chi connectivity index (χ4v) is 2.34. The maximum Gasteiger partial charge on any atom is 0.313 e. The molecule has 0 bridgehead atoms. The summed E-state index contributed by atoms with van der Waals surface area (Å²) in [6.45, 7) is 0. The van der Waals surface area contributed by atoms with Gasteiger partial charge in [-0.2, -0.15) is 0 Å². The monoisotopic (exact) mass is 318 g/mol. The van der Waals surface area contributed by atoms with Crippen molar-refractivity contribution in [2.75, 3.05) is 0 Å². The van der Waals surface area contributed by atoms with Gasteiger partial charge in [0.05, 0.1) is 15.5 Å². The molecule has 7 heteroatoms. The smallest absolute Gasteiger partial charge is 0.313 e. The van der Waals surface area contributed by atoms with Crippen molar-refractivity contribution in [3.05, 3.63) is 32.5 Å². The second kappa shape index (κ2) is 5.19. The highest BCUT2D eigenvalue weighted by atomic mass is 79.9. The van der Waals surface area contributed by atoms with E-state index in [1.807, 2.05) is 0 Å². The van der Waals surface area contributed by atoms with Crippen LogP contribution in [0.1, 0.15) is 19.3 Å². The van der Waals surface area contributed by atoms with Gasteiger partial charge in [-0.05, 0) is 35.2 Å². The van der Waals surface area contributed by atoms with Crippen molar-refractivity contribution in [3.8, 4) is 5.75 Å². The second-order valence-electron chi connectivity index (χ2n) is 4.30. The van der Waals surface area contributed by atoms with Crippen LogP contribution in [0.4, 0.5) is 10.1 Å². The van der Waals surface area contributed by atoms with Crippen LogP contribution in [-0.4, -0.2) is 17.1 Å². The minimum absolute atomic E-state index is 0.0675. The number of hydrogen-bond donors (Lipinski definition) is 1. The molecular formula is C11H12BrFN2O3. The fraction of sp³-hybridized carbons (Fsp3) is 0.455. The van der Waals surface area contributed by atoms with Crippen molar-refractivity contribution in [1.82, 2.24) is 0 Å². The van der Waals surface area contributed by atoms with Gasteiger partial charge in [-0.3, -0.25) is 10.1 Å². The molecule has 98 valence electrons. The van der Waals surface area contributed by atoms with Gasteiger partial charge < -0.3 is 10.5 Å². The Kier molecular flexibility index (Phi) is 3.82. The quantitative estimate of drug-likeness (QED) is 0.686. The molecule has 1 aliphatic carbocycles. The van der Waals surface area contributed by atoms with E-state index >= 15 is 0 Å². The molecule has 2 unspecified atom stereocenters. The molecule has 2 atom stereocenters. The minimum atomic E-state index is -0.683. The normalized spacial score (nSPS) is 23.1. The van der Waals surface area contributed by atoms with Crippen molar-refractivity contribution < 1.29 is 14.1 Å².